The Morgan fingerprint density at radius 1 is 1.69 bits per heavy atom. The Kier molecular flexibility index (Phi) is 3.51. The fraction of sp³-hybridized carbons (Fsp3) is 0.700. The van der Waals surface area contributed by atoms with Crippen molar-refractivity contribution in [3.05, 3.63) is 12.2 Å². The second kappa shape index (κ2) is 5.07. The molecule has 1 aliphatic rings. The highest BCUT2D eigenvalue weighted by Crippen LogP contribution is 2.13. The van der Waals surface area contributed by atoms with Gasteiger partial charge in [-0.15, -0.1) is 0 Å². The summed E-state index contributed by atoms with van der Waals surface area (Å²) in [7, 11) is 0. The van der Waals surface area contributed by atoms with Gasteiger partial charge in [-0.25, -0.2) is 0 Å². The summed E-state index contributed by atoms with van der Waals surface area (Å²) in [5.74, 6) is 0.698. The molecule has 16 heavy (non-hydrogen) atoms. The lowest BCUT2D eigenvalue weighted by atomic mass is 10.0. The summed E-state index contributed by atoms with van der Waals surface area (Å²) >= 11 is 0. The van der Waals surface area contributed by atoms with E-state index < -0.39 is 0 Å². The molecule has 0 aromatic carbocycles. The summed E-state index contributed by atoms with van der Waals surface area (Å²) in [6, 6.07) is -0.0503. The zero-order valence-electron chi connectivity index (χ0n) is 9.35. The van der Waals surface area contributed by atoms with Gasteiger partial charge in [0.15, 0.2) is 5.82 Å². The highest BCUT2D eigenvalue weighted by atomic mass is 16.5. The molecule has 1 fully saturated rings. The number of likely N-dealkylation sites (tertiary alicyclic amines) is 1. The molecule has 0 aliphatic carbocycles. The maximum atomic E-state index is 12.0. The van der Waals surface area contributed by atoms with Gasteiger partial charge in [0.05, 0.1) is 12.6 Å². The predicted molar refractivity (Wildman–Crippen MR) is 56.4 cm³/mol. The van der Waals surface area contributed by atoms with E-state index in [1.165, 1.54) is 6.39 Å². The summed E-state index contributed by atoms with van der Waals surface area (Å²) in [5.41, 5.74) is 0. The fourth-order valence-corrected chi connectivity index (χ4v) is 1.97. The molecule has 88 valence electrons. The molecule has 2 heterocycles. The zero-order chi connectivity index (χ0) is 11.4. The average Bonchev–Trinajstić information content (AvgIpc) is 2.77. The standard InChI is InChI=1S/C10H16N4O2/c1-2-11-8-4-3-5-14(10(8)15)6-9-12-7-16-13-9/h7-8,11H,2-6H2,1H3. The third-order valence-electron chi connectivity index (χ3n) is 2.72. The average molecular weight is 224 g/mol. The van der Waals surface area contributed by atoms with Crippen LogP contribution in [-0.4, -0.2) is 40.1 Å². The lowest BCUT2D eigenvalue weighted by molar-refractivity contribution is -0.136. The van der Waals surface area contributed by atoms with E-state index in [4.69, 9.17) is 0 Å². The normalized spacial score (nSPS) is 21.4. The van der Waals surface area contributed by atoms with Crippen LogP contribution in [0.3, 0.4) is 0 Å². The van der Waals surface area contributed by atoms with Crippen LogP contribution in [0.15, 0.2) is 10.9 Å². The molecule has 1 atom stereocenters. The molecule has 1 amide bonds. The first-order chi connectivity index (χ1) is 7.81. The third-order valence-corrected chi connectivity index (χ3v) is 2.72. The number of amides is 1. The summed E-state index contributed by atoms with van der Waals surface area (Å²) in [4.78, 5) is 17.7. The number of carbonyl (C=O) groups excluding carboxylic acids is 1. The van der Waals surface area contributed by atoms with Crippen LogP contribution in [-0.2, 0) is 11.3 Å². The van der Waals surface area contributed by atoms with Gasteiger partial charge in [-0.3, -0.25) is 4.79 Å². The van der Waals surface area contributed by atoms with E-state index >= 15 is 0 Å². The SMILES string of the molecule is CCNC1CCCN(Cc2ncon2)C1=O. The highest BCUT2D eigenvalue weighted by molar-refractivity contribution is 5.82. The maximum Gasteiger partial charge on any atom is 0.240 e. The van der Waals surface area contributed by atoms with Crippen molar-refractivity contribution in [3.63, 3.8) is 0 Å². The smallest absolute Gasteiger partial charge is 0.240 e. The van der Waals surface area contributed by atoms with Crippen LogP contribution in [0.25, 0.3) is 0 Å². The van der Waals surface area contributed by atoms with E-state index in [2.05, 4.69) is 20.0 Å². The molecular formula is C10H16N4O2. The van der Waals surface area contributed by atoms with Gasteiger partial charge in [-0.2, -0.15) is 4.98 Å². The zero-order valence-corrected chi connectivity index (χ0v) is 9.35. The van der Waals surface area contributed by atoms with Gasteiger partial charge in [0.25, 0.3) is 0 Å². The fourth-order valence-electron chi connectivity index (χ4n) is 1.97. The van der Waals surface area contributed by atoms with Crippen LogP contribution in [0, 0.1) is 0 Å². The Bertz CT molecular complexity index is 337. The molecule has 1 aromatic rings. The Labute approximate surface area is 94.0 Å². The minimum absolute atomic E-state index is 0.0503. The van der Waals surface area contributed by atoms with Gasteiger partial charge in [-0.1, -0.05) is 12.1 Å². The molecule has 0 bridgehead atoms. The Morgan fingerprint density at radius 3 is 3.25 bits per heavy atom. The number of hydrogen-bond acceptors (Lipinski definition) is 5. The van der Waals surface area contributed by atoms with Crippen molar-refractivity contribution in [2.45, 2.75) is 32.4 Å². The van der Waals surface area contributed by atoms with Crippen molar-refractivity contribution >= 4 is 5.91 Å². The van der Waals surface area contributed by atoms with E-state index in [9.17, 15) is 4.79 Å². The van der Waals surface area contributed by atoms with Crippen molar-refractivity contribution in [1.82, 2.24) is 20.4 Å². The van der Waals surface area contributed by atoms with Gasteiger partial charge in [0.1, 0.15) is 0 Å². The van der Waals surface area contributed by atoms with E-state index in [1.54, 1.807) is 4.90 Å². The molecule has 0 spiro atoms. The Morgan fingerprint density at radius 2 is 2.56 bits per heavy atom. The van der Waals surface area contributed by atoms with Gasteiger partial charge >= 0.3 is 0 Å². The van der Waals surface area contributed by atoms with Crippen molar-refractivity contribution in [2.75, 3.05) is 13.1 Å². The molecule has 0 radical (unpaired) electrons. The number of aromatic nitrogens is 2. The summed E-state index contributed by atoms with van der Waals surface area (Å²) in [6.07, 6.45) is 3.21. The van der Waals surface area contributed by atoms with Gasteiger partial charge < -0.3 is 14.7 Å². The lowest BCUT2D eigenvalue weighted by Gasteiger charge is -2.31. The Hall–Kier alpha value is -1.43. The van der Waals surface area contributed by atoms with E-state index in [-0.39, 0.29) is 11.9 Å². The molecule has 1 saturated heterocycles. The molecule has 6 heteroatoms. The van der Waals surface area contributed by atoms with Crippen LogP contribution in [0.4, 0.5) is 0 Å². The van der Waals surface area contributed by atoms with E-state index in [1.807, 2.05) is 6.92 Å². The molecule has 1 aliphatic heterocycles. The van der Waals surface area contributed by atoms with Crippen molar-refractivity contribution in [3.8, 4) is 0 Å². The molecule has 1 N–H and O–H groups in total. The lowest BCUT2D eigenvalue weighted by Crippen LogP contribution is -2.50. The van der Waals surface area contributed by atoms with E-state index in [0.717, 1.165) is 25.9 Å². The predicted octanol–water partition coefficient (Wildman–Crippen LogP) is 0.170. The highest BCUT2D eigenvalue weighted by Gasteiger charge is 2.28. The maximum absolute atomic E-state index is 12.0. The van der Waals surface area contributed by atoms with Gasteiger partial charge in [-0.05, 0) is 19.4 Å². The van der Waals surface area contributed by atoms with Gasteiger partial charge in [0.2, 0.25) is 12.3 Å². The van der Waals surface area contributed by atoms with E-state index in [0.29, 0.717) is 12.4 Å². The molecule has 6 nitrogen and oxygen atoms in total. The first-order valence-corrected chi connectivity index (χ1v) is 5.58. The third kappa shape index (κ3) is 2.38. The quantitative estimate of drug-likeness (QED) is 0.789. The monoisotopic (exact) mass is 224 g/mol. The molecule has 1 aromatic heterocycles. The topological polar surface area (TPSA) is 71.3 Å². The van der Waals surface area contributed by atoms with Crippen LogP contribution in [0.2, 0.25) is 0 Å². The summed E-state index contributed by atoms with van der Waals surface area (Å²) < 4.78 is 4.65. The Balaban J connectivity index is 1.96. The number of nitrogens with one attached hydrogen (secondary N) is 1. The van der Waals surface area contributed by atoms with Gasteiger partial charge in [0, 0.05) is 6.54 Å². The van der Waals surface area contributed by atoms with Crippen LogP contribution in [0.1, 0.15) is 25.6 Å². The number of hydrogen-bond donors (Lipinski definition) is 1. The van der Waals surface area contributed by atoms with Crippen molar-refractivity contribution < 1.29 is 9.32 Å². The first kappa shape index (κ1) is 11.1. The minimum Gasteiger partial charge on any atom is -0.343 e. The number of likely N-dealkylation sites (N-methyl/N-ethyl adjacent to an activating group) is 1. The largest absolute Gasteiger partial charge is 0.343 e. The first-order valence-electron chi connectivity index (χ1n) is 5.58. The molecular weight excluding hydrogens is 208 g/mol. The van der Waals surface area contributed by atoms with Crippen LogP contribution in [0.5, 0.6) is 0 Å². The second-order valence-electron chi connectivity index (χ2n) is 3.86. The van der Waals surface area contributed by atoms with Crippen molar-refractivity contribution in [2.24, 2.45) is 0 Å². The minimum atomic E-state index is -0.0503. The molecule has 2 rings (SSSR count). The summed E-state index contributed by atoms with van der Waals surface area (Å²) in [6.45, 7) is 4.03. The number of rotatable bonds is 4. The van der Waals surface area contributed by atoms with Crippen molar-refractivity contribution in [1.29, 1.82) is 0 Å². The van der Waals surface area contributed by atoms with Crippen LogP contribution < -0.4 is 5.32 Å². The summed E-state index contributed by atoms with van der Waals surface area (Å²) in [5, 5.41) is 6.90. The number of carbonyl (C=O) groups is 1. The molecule has 1 unspecified atom stereocenters. The number of nitrogens with zero attached hydrogens (tertiary/aromatic N) is 3. The second-order valence-corrected chi connectivity index (χ2v) is 3.86. The van der Waals surface area contributed by atoms with Crippen LogP contribution >= 0.6 is 0 Å². The molecule has 0 saturated carbocycles. The number of piperidine rings is 1.